The molecule has 0 unspecified atom stereocenters. The number of nitrogens with zero attached hydrogens (tertiary/aromatic N) is 2. The summed E-state index contributed by atoms with van der Waals surface area (Å²) in [5.74, 6) is 0.106. The van der Waals surface area contributed by atoms with E-state index in [9.17, 15) is 8.42 Å². The molecule has 0 amide bonds. The van der Waals surface area contributed by atoms with Gasteiger partial charge in [0.1, 0.15) is 0 Å². The molecular weight excluding hydrogens is 278 g/mol. The molecular formula is C13H25N3O3S. The topological polar surface area (TPSA) is 73.2 Å². The number of sulfone groups is 1. The molecule has 1 aromatic rings. The summed E-state index contributed by atoms with van der Waals surface area (Å²) >= 11 is 0. The second-order valence-corrected chi connectivity index (χ2v) is 8.57. The van der Waals surface area contributed by atoms with Crippen LogP contribution in [-0.2, 0) is 27.7 Å². The van der Waals surface area contributed by atoms with Crippen LogP contribution < -0.4 is 5.32 Å². The van der Waals surface area contributed by atoms with E-state index in [1.165, 1.54) is 0 Å². The molecule has 0 aromatic carbocycles. The number of methoxy groups -OCH3 is 1. The van der Waals surface area contributed by atoms with Crippen molar-refractivity contribution < 1.29 is 13.2 Å². The lowest BCUT2D eigenvalue weighted by molar-refractivity contribution is 0.199. The lowest BCUT2D eigenvalue weighted by Crippen LogP contribution is -2.32. The monoisotopic (exact) mass is 303 g/mol. The Labute approximate surface area is 121 Å². The summed E-state index contributed by atoms with van der Waals surface area (Å²) in [6.45, 7) is 7.69. The zero-order valence-electron chi connectivity index (χ0n) is 12.7. The van der Waals surface area contributed by atoms with Crippen molar-refractivity contribution in [3.05, 3.63) is 18.0 Å². The minimum absolute atomic E-state index is 0.106. The van der Waals surface area contributed by atoms with Gasteiger partial charge in [0.25, 0.3) is 0 Å². The van der Waals surface area contributed by atoms with Crippen LogP contribution in [0.2, 0.25) is 0 Å². The van der Waals surface area contributed by atoms with Crippen molar-refractivity contribution >= 4 is 9.84 Å². The van der Waals surface area contributed by atoms with Gasteiger partial charge in [0, 0.05) is 32.0 Å². The maximum atomic E-state index is 12.0. The van der Waals surface area contributed by atoms with Crippen molar-refractivity contribution in [3.63, 3.8) is 0 Å². The summed E-state index contributed by atoms with van der Waals surface area (Å²) in [5.41, 5.74) is 1.04. The predicted octanol–water partition coefficient (Wildman–Crippen LogP) is 0.832. The average molecular weight is 303 g/mol. The van der Waals surface area contributed by atoms with Crippen molar-refractivity contribution in [2.24, 2.45) is 0 Å². The molecule has 0 aliphatic rings. The normalized spacial score (nSPS) is 12.8. The number of hydrogen-bond acceptors (Lipinski definition) is 5. The smallest absolute Gasteiger partial charge is 0.157 e. The largest absolute Gasteiger partial charge is 0.383 e. The summed E-state index contributed by atoms with van der Waals surface area (Å²) in [4.78, 5) is 0. The van der Waals surface area contributed by atoms with Gasteiger partial charge in [-0.3, -0.25) is 4.68 Å². The van der Waals surface area contributed by atoms with Crippen LogP contribution in [-0.4, -0.2) is 49.0 Å². The average Bonchev–Trinajstić information content (AvgIpc) is 2.79. The molecule has 6 nitrogen and oxygen atoms in total. The van der Waals surface area contributed by atoms with Gasteiger partial charge in [-0.05, 0) is 20.8 Å². The Bertz CT molecular complexity index is 503. The molecule has 0 spiro atoms. The number of nitrogens with one attached hydrogen (secondary N) is 1. The first-order chi connectivity index (χ1) is 9.26. The molecule has 1 heterocycles. The van der Waals surface area contributed by atoms with Gasteiger partial charge in [0.15, 0.2) is 9.84 Å². The Morgan fingerprint density at radius 3 is 2.70 bits per heavy atom. The Morgan fingerprint density at radius 1 is 1.40 bits per heavy atom. The van der Waals surface area contributed by atoms with E-state index in [0.717, 1.165) is 12.1 Å². The Morgan fingerprint density at radius 2 is 2.10 bits per heavy atom. The van der Waals surface area contributed by atoms with Crippen LogP contribution >= 0.6 is 0 Å². The van der Waals surface area contributed by atoms with E-state index in [1.807, 2.05) is 6.20 Å². The third-order valence-corrected chi connectivity index (χ3v) is 5.61. The van der Waals surface area contributed by atoms with Crippen LogP contribution in [0.3, 0.4) is 0 Å². The molecule has 1 aromatic heterocycles. The van der Waals surface area contributed by atoms with Crippen molar-refractivity contribution in [2.75, 3.05) is 26.0 Å². The van der Waals surface area contributed by atoms with Gasteiger partial charge in [0.2, 0.25) is 0 Å². The second kappa shape index (κ2) is 7.19. The summed E-state index contributed by atoms with van der Waals surface area (Å²) < 4.78 is 29.9. The minimum atomic E-state index is -3.10. The van der Waals surface area contributed by atoms with Crippen LogP contribution in [0.15, 0.2) is 12.4 Å². The van der Waals surface area contributed by atoms with Crippen LogP contribution in [0.5, 0.6) is 0 Å². The zero-order chi connectivity index (χ0) is 15.2. The number of hydrogen-bond donors (Lipinski definition) is 1. The van der Waals surface area contributed by atoms with E-state index >= 15 is 0 Å². The van der Waals surface area contributed by atoms with Gasteiger partial charge in [-0.1, -0.05) is 0 Å². The van der Waals surface area contributed by atoms with E-state index in [0.29, 0.717) is 19.7 Å². The van der Waals surface area contributed by atoms with Crippen LogP contribution in [0.25, 0.3) is 0 Å². The fraction of sp³-hybridized carbons (Fsp3) is 0.769. The second-order valence-electron chi connectivity index (χ2n) is 5.71. The van der Waals surface area contributed by atoms with Gasteiger partial charge in [-0.25, -0.2) is 8.42 Å². The Kier molecular flexibility index (Phi) is 6.16. The number of rotatable bonds is 8. The van der Waals surface area contributed by atoms with Crippen LogP contribution in [0.1, 0.15) is 26.3 Å². The lowest BCUT2D eigenvalue weighted by atomic mass is 10.3. The standard InChI is InChI=1S/C13H25N3O3S/c1-13(2,3)20(17,18)8-6-16-11-12(10-15-16)9-14-5-7-19-4/h10-11,14H,5-9H2,1-4H3. The minimum Gasteiger partial charge on any atom is -0.383 e. The third-order valence-electron chi connectivity index (χ3n) is 3.02. The maximum absolute atomic E-state index is 12.0. The van der Waals surface area contributed by atoms with Gasteiger partial charge in [0.05, 0.1) is 29.8 Å². The van der Waals surface area contributed by atoms with Crippen molar-refractivity contribution in [1.29, 1.82) is 0 Å². The van der Waals surface area contributed by atoms with Gasteiger partial charge < -0.3 is 10.1 Å². The number of ether oxygens (including phenoxy) is 1. The summed E-state index contributed by atoms with van der Waals surface area (Å²) in [6.07, 6.45) is 3.63. The fourth-order valence-electron chi connectivity index (χ4n) is 1.55. The molecule has 0 saturated heterocycles. The first-order valence-electron chi connectivity index (χ1n) is 6.69. The van der Waals surface area contributed by atoms with Crippen molar-refractivity contribution in [1.82, 2.24) is 15.1 Å². The quantitative estimate of drug-likeness (QED) is 0.720. The van der Waals surface area contributed by atoms with E-state index in [2.05, 4.69) is 10.4 Å². The lowest BCUT2D eigenvalue weighted by Gasteiger charge is -2.18. The number of aromatic nitrogens is 2. The summed E-state index contributed by atoms with van der Waals surface area (Å²) in [7, 11) is -1.44. The predicted molar refractivity (Wildman–Crippen MR) is 79.3 cm³/mol. The van der Waals surface area contributed by atoms with Crippen LogP contribution in [0.4, 0.5) is 0 Å². The molecule has 1 rings (SSSR count). The van der Waals surface area contributed by atoms with E-state index < -0.39 is 14.6 Å². The third kappa shape index (κ3) is 5.22. The highest BCUT2D eigenvalue weighted by Gasteiger charge is 2.28. The van der Waals surface area contributed by atoms with Crippen molar-refractivity contribution in [2.45, 2.75) is 38.6 Å². The molecule has 0 bridgehead atoms. The van der Waals surface area contributed by atoms with E-state index in [-0.39, 0.29) is 5.75 Å². The SMILES string of the molecule is COCCNCc1cnn(CCS(=O)(=O)C(C)(C)C)c1. The van der Waals surface area contributed by atoms with E-state index in [1.54, 1.807) is 38.8 Å². The summed E-state index contributed by atoms with van der Waals surface area (Å²) in [6, 6.07) is 0. The highest BCUT2D eigenvalue weighted by atomic mass is 32.2. The van der Waals surface area contributed by atoms with Gasteiger partial charge >= 0.3 is 0 Å². The van der Waals surface area contributed by atoms with Gasteiger partial charge in [-0.15, -0.1) is 0 Å². The number of aryl methyl sites for hydroxylation is 1. The first-order valence-corrected chi connectivity index (χ1v) is 8.35. The highest BCUT2D eigenvalue weighted by Crippen LogP contribution is 2.16. The molecule has 116 valence electrons. The molecule has 20 heavy (non-hydrogen) atoms. The Hall–Kier alpha value is -0.920. The highest BCUT2D eigenvalue weighted by molar-refractivity contribution is 7.92. The molecule has 0 saturated carbocycles. The molecule has 0 fully saturated rings. The molecule has 0 aliphatic heterocycles. The molecule has 7 heteroatoms. The first kappa shape index (κ1) is 17.1. The Balaban J connectivity index is 2.45. The van der Waals surface area contributed by atoms with E-state index in [4.69, 9.17) is 4.74 Å². The van der Waals surface area contributed by atoms with Crippen molar-refractivity contribution in [3.8, 4) is 0 Å². The molecule has 0 atom stereocenters. The zero-order valence-corrected chi connectivity index (χ0v) is 13.5. The summed E-state index contributed by atoms with van der Waals surface area (Å²) in [5, 5.41) is 7.40. The van der Waals surface area contributed by atoms with Gasteiger partial charge in [-0.2, -0.15) is 5.10 Å². The molecule has 1 N–H and O–H groups in total. The van der Waals surface area contributed by atoms with Crippen LogP contribution in [0, 0.1) is 0 Å². The fourth-order valence-corrected chi connectivity index (χ4v) is 2.59. The molecule has 0 radical (unpaired) electrons. The maximum Gasteiger partial charge on any atom is 0.157 e. The molecule has 0 aliphatic carbocycles.